The molecule has 9 nitrogen and oxygen atoms in total. The SMILES string of the molecule is CCCNOP(=O)(CN(CC(=O)OCC)C(=O)C(F)(F)F)ONCCC. The topological polar surface area (TPSA) is 106 Å². The maximum Gasteiger partial charge on any atom is 0.471 e. The van der Waals surface area contributed by atoms with Gasteiger partial charge in [-0.15, -0.1) is 0 Å². The van der Waals surface area contributed by atoms with Gasteiger partial charge in [-0.3, -0.25) is 14.2 Å². The van der Waals surface area contributed by atoms with Crippen LogP contribution in [-0.2, 0) is 28.1 Å². The van der Waals surface area contributed by atoms with Crippen LogP contribution in [0.1, 0.15) is 33.6 Å². The number of alkyl halides is 3. The first kappa shape index (κ1) is 24.8. The molecule has 0 aromatic carbocycles. The summed E-state index contributed by atoms with van der Waals surface area (Å²) in [6.07, 6.45) is -5.21. The molecule has 13 heteroatoms. The summed E-state index contributed by atoms with van der Waals surface area (Å²) < 4.78 is 65.3. The highest BCUT2D eigenvalue weighted by Crippen LogP contribution is 2.47. The molecule has 0 radical (unpaired) electrons. The molecule has 0 aliphatic rings. The monoisotopic (exact) mass is 407 g/mol. The maximum atomic E-state index is 12.8. The molecule has 26 heavy (non-hydrogen) atoms. The molecule has 1 amide bonds. The summed E-state index contributed by atoms with van der Waals surface area (Å²) in [7, 11) is -4.26. The van der Waals surface area contributed by atoms with Crippen LogP contribution in [-0.4, -0.2) is 55.5 Å². The minimum atomic E-state index is -5.27. The molecule has 0 saturated carbocycles. The molecule has 0 aromatic heterocycles. The number of esters is 1. The number of carbonyl (C=O) groups is 2. The fourth-order valence-corrected chi connectivity index (χ4v) is 2.88. The van der Waals surface area contributed by atoms with E-state index in [9.17, 15) is 27.3 Å². The highest BCUT2D eigenvalue weighted by molar-refractivity contribution is 7.53. The number of rotatable bonds is 13. The summed E-state index contributed by atoms with van der Waals surface area (Å²) in [5.74, 6) is -3.44. The van der Waals surface area contributed by atoms with E-state index in [0.29, 0.717) is 12.8 Å². The predicted molar refractivity (Wildman–Crippen MR) is 85.6 cm³/mol. The van der Waals surface area contributed by atoms with E-state index in [1.807, 2.05) is 0 Å². The van der Waals surface area contributed by atoms with E-state index >= 15 is 0 Å². The molecule has 2 N–H and O–H groups in total. The first-order valence-corrected chi connectivity index (χ1v) is 9.76. The Labute approximate surface area is 150 Å². The third-order valence-electron chi connectivity index (χ3n) is 2.61. The lowest BCUT2D eigenvalue weighted by Crippen LogP contribution is -2.45. The zero-order chi connectivity index (χ0) is 20.2. The van der Waals surface area contributed by atoms with Gasteiger partial charge in [0.05, 0.1) is 6.61 Å². The molecule has 0 rings (SSSR count). The van der Waals surface area contributed by atoms with Crippen LogP contribution >= 0.6 is 7.60 Å². The second kappa shape index (κ2) is 12.2. The van der Waals surface area contributed by atoms with Crippen molar-refractivity contribution in [2.75, 3.05) is 32.5 Å². The lowest BCUT2D eigenvalue weighted by atomic mass is 10.5. The van der Waals surface area contributed by atoms with Gasteiger partial charge in [-0.05, 0) is 19.8 Å². The van der Waals surface area contributed by atoms with Crippen LogP contribution in [0.2, 0.25) is 0 Å². The highest BCUT2D eigenvalue weighted by atomic mass is 31.2. The Morgan fingerprint density at radius 2 is 1.54 bits per heavy atom. The highest BCUT2D eigenvalue weighted by Gasteiger charge is 2.46. The maximum absolute atomic E-state index is 12.8. The normalized spacial score (nSPS) is 12.1. The van der Waals surface area contributed by atoms with Crippen molar-refractivity contribution in [1.29, 1.82) is 0 Å². The number of nitrogens with zero attached hydrogens (tertiary/aromatic N) is 1. The fraction of sp³-hybridized carbons (Fsp3) is 0.846. The van der Waals surface area contributed by atoms with Crippen molar-refractivity contribution in [3.63, 3.8) is 0 Å². The zero-order valence-electron chi connectivity index (χ0n) is 14.9. The Balaban J connectivity index is 5.32. The van der Waals surface area contributed by atoms with Crippen molar-refractivity contribution in [1.82, 2.24) is 15.9 Å². The third kappa shape index (κ3) is 10.1. The van der Waals surface area contributed by atoms with Gasteiger partial charge in [0, 0.05) is 13.1 Å². The Morgan fingerprint density at radius 3 is 1.92 bits per heavy atom. The van der Waals surface area contributed by atoms with E-state index in [-0.39, 0.29) is 24.6 Å². The van der Waals surface area contributed by atoms with Gasteiger partial charge < -0.3 is 9.64 Å². The van der Waals surface area contributed by atoms with Gasteiger partial charge in [-0.25, -0.2) is 9.25 Å². The van der Waals surface area contributed by atoms with Gasteiger partial charge in [0.15, 0.2) is 0 Å². The van der Waals surface area contributed by atoms with Crippen LogP contribution in [0.5, 0.6) is 0 Å². The molecule has 0 saturated heterocycles. The lowest BCUT2D eigenvalue weighted by Gasteiger charge is -2.26. The fourth-order valence-electron chi connectivity index (χ4n) is 1.51. The number of hydroxylamine groups is 2. The van der Waals surface area contributed by atoms with Crippen molar-refractivity contribution in [2.45, 2.75) is 39.8 Å². The van der Waals surface area contributed by atoms with Crippen molar-refractivity contribution >= 4 is 19.5 Å². The van der Waals surface area contributed by atoms with Crippen LogP contribution in [0.25, 0.3) is 0 Å². The average Bonchev–Trinajstić information content (AvgIpc) is 2.53. The summed E-state index contributed by atoms with van der Waals surface area (Å²) in [5, 5.41) is 0. The number of hydrogen-bond donors (Lipinski definition) is 2. The summed E-state index contributed by atoms with van der Waals surface area (Å²) in [5.41, 5.74) is 4.60. The number of halogens is 3. The van der Waals surface area contributed by atoms with Crippen molar-refractivity contribution in [3.05, 3.63) is 0 Å². The van der Waals surface area contributed by atoms with E-state index in [1.54, 1.807) is 13.8 Å². The molecule has 0 heterocycles. The third-order valence-corrected chi connectivity index (χ3v) is 4.11. The molecular formula is C13H25F3N3O6P. The summed E-state index contributed by atoms with van der Waals surface area (Å²) in [6, 6.07) is 0. The minimum absolute atomic E-state index is 0.0278. The van der Waals surface area contributed by atoms with Gasteiger partial charge in [-0.1, -0.05) is 13.8 Å². The van der Waals surface area contributed by atoms with Crippen LogP contribution in [0, 0.1) is 0 Å². The summed E-state index contributed by atoms with van der Waals surface area (Å²) >= 11 is 0. The zero-order valence-corrected chi connectivity index (χ0v) is 15.8. The summed E-state index contributed by atoms with van der Waals surface area (Å²) in [4.78, 5) is 23.1. The van der Waals surface area contributed by atoms with Gasteiger partial charge in [-0.2, -0.15) is 24.1 Å². The van der Waals surface area contributed by atoms with E-state index in [4.69, 9.17) is 9.25 Å². The number of amides is 1. The number of carbonyl (C=O) groups excluding carboxylic acids is 2. The first-order valence-electron chi connectivity index (χ1n) is 8.03. The Morgan fingerprint density at radius 1 is 1.04 bits per heavy atom. The van der Waals surface area contributed by atoms with Gasteiger partial charge in [0.25, 0.3) is 0 Å². The van der Waals surface area contributed by atoms with Crippen molar-refractivity contribution in [3.8, 4) is 0 Å². The van der Waals surface area contributed by atoms with E-state index in [0.717, 1.165) is 0 Å². The van der Waals surface area contributed by atoms with Crippen LogP contribution in [0.3, 0.4) is 0 Å². The molecule has 0 aromatic rings. The standard InChI is InChI=1S/C13H25F3N3O6P/c1-4-7-17-24-26(22,25-18-8-5-2)10-19(9-11(20)23-6-3)12(21)13(14,15)16/h17-18H,4-10H2,1-3H3. The molecule has 0 aliphatic heterocycles. The van der Waals surface area contributed by atoms with Crippen molar-refractivity contribution in [2.24, 2.45) is 0 Å². The Hall–Kier alpha value is -1.20. The van der Waals surface area contributed by atoms with Crippen LogP contribution < -0.4 is 11.0 Å². The molecular weight excluding hydrogens is 382 g/mol. The second-order valence-electron chi connectivity index (χ2n) is 5.03. The first-order chi connectivity index (χ1) is 12.1. The minimum Gasteiger partial charge on any atom is -0.465 e. The Kier molecular flexibility index (Phi) is 11.7. The summed E-state index contributed by atoms with van der Waals surface area (Å²) in [6.45, 7) is 4.35. The molecule has 0 bridgehead atoms. The van der Waals surface area contributed by atoms with Crippen LogP contribution in [0.4, 0.5) is 13.2 Å². The molecule has 0 unspecified atom stereocenters. The molecule has 0 atom stereocenters. The molecule has 154 valence electrons. The number of nitrogens with one attached hydrogen (secondary N) is 2. The Bertz CT molecular complexity index is 478. The quantitative estimate of drug-likeness (QED) is 0.207. The van der Waals surface area contributed by atoms with Crippen molar-refractivity contribution < 1.29 is 41.3 Å². The van der Waals surface area contributed by atoms with Gasteiger partial charge >= 0.3 is 25.6 Å². The largest absolute Gasteiger partial charge is 0.471 e. The lowest BCUT2D eigenvalue weighted by molar-refractivity contribution is -0.186. The van der Waals surface area contributed by atoms with Gasteiger partial charge in [0.1, 0.15) is 12.8 Å². The molecule has 0 fully saturated rings. The van der Waals surface area contributed by atoms with E-state index in [2.05, 4.69) is 15.7 Å². The average molecular weight is 407 g/mol. The predicted octanol–water partition coefficient (Wildman–Crippen LogP) is 1.95. The van der Waals surface area contributed by atoms with Gasteiger partial charge in [0.2, 0.25) is 0 Å². The smallest absolute Gasteiger partial charge is 0.465 e. The molecule has 0 spiro atoms. The second-order valence-corrected chi connectivity index (χ2v) is 6.90. The number of hydrogen-bond acceptors (Lipinski definition) is 8. The number of ether oxygens (including phenoxy) is 1. The van der Waals surface area contributed by atoms with E-state index < -0.39 is 38.5 Å². The molecule has 0 aliphatic carbocycles. The van der Waals surface area contributed by atoms with E-state index in [1.165, 1.54) is 6.92 Å². The van der Waals surface area contributed by atoms with Crippen LogP contribution in [0.15, 0.2) is 0 Å².